The van der Waals surface area contributed by atoms with E-state index in [4.69, 9.17) is 9.84 Å². The maximum atomic E-state index is 12.7. The molecular weight excluding hydrogens is 350 g/mol. The molecule has 1 aliphatic heterocycles. The molecule has 0 radical (unpaired) electrons. The molecule has 2 atom stereocenters. The van der Waals surface area contributed by atoms with Gasteiger partial charge in [-0.2, -0.15) is 0 Å². The van der Waals surface area contributed by atoms with E-state index in [-0.39, 0.29) is 25.0 Å². The van der Waals surface area contributed by atoms with Crippen LogP contribution >= 0.6 is 15.9 Å². The second-order valence-electron chi connectivity index (χ2n) is 5.42. The highest BCUT2D eigenvalue weighted by molar-refractivity contribution is 9.10. The van der Waals surface area contributed by atoms with Crippen LogP contribution in [0, 0.1) is 5.92 Å². The molecule has 1 aromatic carbocycles. The molecule has 1 heterocycles. The number of carbonyl (C=O) groups excluding carboxylic acids is 1. The van der Waals surface area contributed by atoms with Crippen molar-refractivity contribution in [2.24, 2.45) is 5.92 Å². The van der Waals surface area contributed by atoms with Crippen molar-refractivity contribution in [2.75, 3.05) is 19.7 Å². The third-order valence-electron chi connectivity index (χ3n) is 3.87. The van der Waals surface area contributed by atoms with Crippen molar-refractivity contribution in [3.8, 4) is 0 Å². The van der Waals surface area contributed by atoms with Gasteiger partial charge in [-0.25, -0.2) is 4.79 Å². The highest BCUT2D eigenvalue weighted by atomic mass is 79.9. The number of carboxylic acid groups (broad SMARTS) is 1. The molecule has 0 spiro atoms. The van der Waals surface area contributed by atoms with Gasteiger partial charge in [0, 0.05) is 16.9 Å². The first-order valence-electron chi connectivity index (χ1n) is 7.39. The number of carboxylic acids is 1. The molecule has 1 N–H and O–H groups in total. The zero-order chi connectivity index (χ0) is 16.1. The molecule has 0 saturated carbocycles. The van der Waals surface area contributed by atoms with E-state index in [0.29, 0.717) is 13.0 Å². The Morgan fingerprint density at radius 1 is 1.50 bits per heavy atom. The summed E-state index contributed by atoms with van der Waals surface area (Å²) in [5.41, 5.74) is 1.10. The average molecular weight is 370 g/mol. The quantitative estimate of drug-likeness (QED) is 0.864. The van der Waals surface area contributed by atoms with E-state index in [2.05, 4.69) is 15.9 Å². The number of benzene rings is 1. The molecule has 1 aromatic rings. The van der Waals surface area contributed by atoms with Gasteiger partial charge in [0.05, 0.1) is 13.2 Å². The Morgan fingerprint density at radius 3 is 2.91 bits per heavy atom. The first kappa shape index (κ1) is 17.0. The number of rotatable bonds is 5. The maximum Gasteiger partial charge on any atom is 0.334 e. The summed E-state index contributed by atoms with van der Waals surface area (Å²) in [6.45, 7) is 2.84. The third-order valence-corrected chi connectivity index (χ3v) is 4.36. The van der Waals surface area contributed by atoms with Crippen molar-refractivity contribution >= 4 is 27.8 Å². The fraction of sp³-hybridized carbons (Fsp3) is 0.500. The monoisotopic (exact) mass is 369 g/mol. The van der Waals surface area contributed by atoms with Crippen LogP contribution in [-0.4, -0.2) is 47.7 Å². The van der Waals surface area contributed by atoms with Crippen molar-refractivity contribution in [1.82, 2.24) is 4.90 Å². The number of hydrogen-bond acceptors (Lipinski definition) is 3. The highest BCUT2D eigenvalue weighted by Crippen LogP contribution is 2.20. The van der Waals surface area contributed by atoms with Crippen LogP contribution in [0.15, 0.2) is 28.7 Å². The van der Waals surface area contributed by atoms with Gasteiger partial charge in [0.2, 0.25) is 5.91 Å². The lowest BCUT2D eigenvalue weighted by Crippen LogP contribution is -2.50. The average Bonchev–Trinajstić information content (AvgIpc) is 2.52. The van der Waals surface area contributed by atoms with Gasteiger partial charge in [0.15, 0.2) is 6.10 Å². The van der Waals surface area contributed by atoms with E-state index in [1.54, 1.807) is 4.90 Å². The lowest BCUT2D eigenvalue weighted by molar-refractivity contribution is -0.160. The zero-order valence-electron chi connectivity index (χ0n) is 12.5. The van der Waals surface area contributed by atoms with E-state index in [9.17, 15) is 9.59 Å². The van der Waals surface area contributed by atoms with E-state index in [1.807, 2.05) is 31.2 Å². The van der Waals surface area contributed by atoms with Gasteiger partial charge in [-0.05, 0) is 30.5 Å². The van der Waals surface area contributed by atoms with Crippen molar-refractivity contribution in [3.05, 3.63) is 34.3 Å². The summed E-state index contributed by atoms with van der Waals surface area (Å²) in [6, 6.07) is 7.91. The van der Waals surface area contributed by atoms with Gasteiger partial charge in [-0.1, -0.05) is 35.0 Å². The van der Waals surface area contributed by atoms with Crippen molar-refractivity contribution in [1.29, 1.82) is 0 Å². The Bertz CT molecular complexity index is 549. The third kappa shape index (κ3) is 4.30. The molecule has 0 bridgehead atoms. The fourth-order valence-electron chi connectivity index (χ4n) is 2.61. The number of aliphatic carboxylic acids is 1. The van der Waals surface area contributed by atoms with E-state index < -0.39 is 12.1 Å². The highest BCUT2D eigenvalue weighted by Gasteiger charge is 2.31. The summed E-state index contributed by atoms with van der Waals surface area (Å²) in [6.07, 6.45) is 0.464. The lowest BCUT2D eigenvalue weighted by Gasteiger charge is -2.33. The predicted octanol–water partition coefficient (Wildman–Crippen LogP) is 2.33. The van der Waals surface area contributed by atoms with E-state index >= 15 is 0 Å². The molecule has 2 rings (SSSR count). The largest absolute Gasteiger partial charge is 0.479 e. The Kier molecular flexibility index (Phi) is 5.97. The molecule has 1 amide bonds. The molecule has 0 unspecified atom stereocenters. The summed E-state index contributed by atoms with van der Waals surface area (Å²) < 4.78 is 6.16. The molecule has 1 aliphatic rings. The van der Waals surface area contributed by atoms with Gasteiger partial charge >= 0.3 is 5.97 Å². The van der Waals surface area contributed by atoms with Crippen LogP contribution in [0.4, 0.5) is 0 Å². The van der Waals surface area contributed by atoms with Crippen LogP contribution in [0.3, 0.4) is 0 Å². The Balaban J connectivity index is 2.03. The second kappa shape index (κ2) is 7.74. The van der Waals surface area contributed by atoms with Crippen LogP contribution in [0.2, 0.25) is 0 Å². The molecule has 0 aromatic heterocycles. The number of carbonyl (C=O) groups is 2. The minimum atomic E-state index is -1.02. The second-order valence-corrected chi connectivity index (χ2v) is 6.34. The topological polar surface area (TPSA) is 66.8 Å². The molecule has 5 nitrogen and oxygen atoms in total. The van der Waals surface area contributed by atoms with Crippen LogP contribution in [0.5, 0.6) is 0 Å². The minimum Gasteiger partial charge on any atom is -0.479 e. The van der Waals surface area contributed by atoms with Gasteiger partial charge in [0.1, 0.15) is 0 Å². The van der Waals surface area contributed by atoms with E-state index in [0.717, 1.165) is 16.5 Å². The molecule has 22 heavy (non-hydrogen) atoms. The predicted molar refractivity (Wildman–Crippen MR) is 85.6 cm³/mol. The maximum absolute atomic E-state index is 12.7. The molecule has 1 fully saturated rings. The molecule has 6 heteroatoms. The number of halogens is 1. The summed E-state index contributed by atoms with van der Waals surface area (Å²) in [5.74, 6) is -1.14. The first-order chi connectivity index (χ1) is 10.5. The molecule has 120 valence electrons. The summed E-state index contributed by atoms with van der Waals surface area (Å²) in [7, 11) is 0. The molecule has 1 saturated heterocycles. The Hall–Kier alpha value is -1.40. The number of nitrogens with zero attached hydrogens (tertiary/aromatic N) is 1. The van der Waals surface area contributed by atoms with Crippen LogP contribution in [-0.2, 0) is 20.7 Å². The van der Waals surface area contributed by atoms with Crippen molar-refractivity contribution in [2.45, 2.75) is 25.9 Å². The van der Waals surface area contributed by atoms with Gasteiger partial charge in [-0.15, -0.1) is 0 Å². The normalized spacial score (nSPS) is 19.7. The SMILES string of the molecule is CC[C@H](Cc1cccc(Br)c1)C(=O)N1CCO[C@H](C(=O)O)C1. The Morgan fingerprint density at radius 2 is 2.27 bits per heavy atom. The smallest absolute Gasteiger partial charge is 0.334 e. The number of ether oxygens (including phenoxy) is 1. The number of morpholine rings is 1. The van der Waals surface area contributed by atoms with Crippen molar-refractivity contribution in [3.63, 3.8) is 0 Å². The summed E-state index contributed by atoms with van der Waals surface area (Å²) >= 11 is 3.43. The van der Waals surface area contributed by atoms with Gasteiger partial charge in [0.25, 0.3) is 0 Å². The molecular formula is C16H20BrNO4. The van der Waals surface area contributed by atoms with Gasteiger partial charge in [-0.3, -0.25) is 4.79 Å². The Labute approximate surface area is 138 Å². The zero-order valence-corrected chi connectivity index (χ0v) is 14.1. The fourth-order valence-corrected chi connectivity index (χ4v) is 3.06. The number of hydrogen-bond donors (Lipinski definition) is 1. The number of amides is 1. The first-order valence-corrected chi connectivity index (χ1v) is 8.18. The van der Waals surface area contributed by atoms with Gasteiger partial charge < -0.3 is 14.7 Å². The standard InChI is InChI=1S/C16H20BrNO4/c1-2-12(8-11-4-3-5-13(17)9-11)15(19)18-6-7-22-14(10-18)16(20)21/h3-5,9,12,14H,2,6-8,10H2,1H3,(H,20,21)/t12-,14+/m1/s1. The van der Waals surface area contributed by atoms with Crippen LogP contribution in [0.25, 0.3) is 0 Å². The lowest BCUT2D eigenvalue weighted by atomic mass is 9.95. The minimum absolute atomic E-state index is 0.0111. The summed E-state index contributed by atoms with van der Waals surface area (Å²) in [4.78, 5) is 25.3. The van der Waals surface area contributed by atoms with Crippen LogP contribution < -0.4 is 0 Å². The van der Waals surface area contributed by atoms with Crippen LogP contribution in [0.1, 0.15) is 18.9 Å². The summed E-state index contributed by atoms with van der Waals surface area (Å²) in [5, 5.41) is 9.03. The van der Waals surface area contributed by atoms with Crippen molar-refractivity contribution < 1.29 is 19.4 Å². The van der Waals surface area contributed by atoms with E-state index in [1.165, 1.54) is 0 Å². The molecule has 0 aliphatic carbocycles.